The third kappa shape index (κ3) is 4.41. The van der Waals surface area contributed by atoms with Gasteiger partial charge in [-0.25, -0.2) is 4.79 Å². The zero-order valence-electron chi connectivity index (χ0n) is 14.7. The Bertz CT molecular complexity index is 718. The summed E-state index contributed by atoms with van der Waals surface area (Å²) in [6.07, 6.45) is -0.504. The molecule has 5 nitrogen and oxygen atoms in total. The average Bonchev–Trinajstić information content (AvgIpc) is 2.49. The molecule has 128 valence electrons. The first-order chi connectivity index (χ1) is 11.4. The van der Waals surface area contributed by atoms with Gasteiger partial charge in [0.1, 0.15) is 0 Å². The molecule has 0 atom stereocenters. The van der Waals surface area contributed by atoms with Crippen LogP contribution in [0.4, 0.5) is 21.9 Å². The molecule has 0 saturated heterocycles. The number of nitrogens with one attached hydrogen (secondary N) is 2. The second-order valence-corrected chi connectivity index (χ2v) is 5.88. The number of hydrogen-bond acceptors (Lipinski definition) is 4. The first kappa shape index (κ1) is 17.7. The predicted molar refractivity (Wildman–Crippen MR) is 99.5 cm³/mol. The van der Waals surface area contributed by atoms with Crippen LogP contribution in [0.3, 0.4) is 0 Å². The molecule has 0 bridgehead atoms. The summed E-state index contributed by atoms with van der Waals surface area (Å²) in [5, 5.41) is 6.01. The Morgan fingerprint density at radius 2 is 1.79 bits per heavy atom. The maximum absolute atomic E-state index is 11.5. The third-order valence-electron chi connectivity index (χ3n) is 3.87. The highest BCUT2D eigenvalue weighted by atomic mass is 16.5. The van der Waals surface area contributed by atoms with E-state index in [-0.39, 0.29) is 0 Å². The average molecular weight is 327 g/mol. The van der Waals surface area contributed by atoms with Crippen LogP contribution in [0.2, 0.25) is 0 Å². The van der Waals surface area contributed by atoms with Crippen LogP contribution in [-0.2, 0) is 11.3 Å². The van der Waals surface area contributed by atoms with Crippen molar-refractivity contribution in [1.82, 2.24) is 0 Å². The summed E-state index contributed by atoms with van der Waals surface area (Å²) in [6.45, 7) is 9.15. The van der Waals surface area contributed by atoms with Crippen molar-refractivity contribution in [3.05, 3.63) is 52.6 Å². The van der Waals surface area contributed by atoms with Gasteiger partial charge in [0.05, 0.1) is 18.0 Å². The van der Waals surface area contributed by atoms with Gasteiger partial charge in [-0.15, -0.1) is 0 Å². The van der Waals surface area contributed by atoms with E-state index in [2.05, 4.69) is 43.5 Å². The first-order valence-corrected chi connectivity index (χ1v) is 8.04. The molecule has 0 saturated carbocycles. The largest absolute Gasteiger partial charge is 0.450 e. The number of hydrogen-bond donors (Lipinski definition) is 3. The van der Waals surface area contributed by atoms with Gasteiger partial charge in [0.25, 0.3) is 0 Å². The highest BCUT2D eigenvalue weighted by Gasteiger charge is 2.07. The van der Waals surface area contributed by atoms with Crippen LogP contribution in [0, 0.1) is 20.8 Å². The van der Waals surface area contributed by atoms with Crippen LogP contribution >= 0.6 is 0 Å². The Labute approximate surface area is 143 Å². The first-order valence-electron chi connectivity index (χ1n) is 8.04. The van der Waals surface area contributed by atoms with Crippen LogP contribution in [-0.4, -0.2) is 12.7 Å². The zero-order valence-corrected chi connectivity index (χ0v) is 14.7. The molecule has 2 aromatic carbocycles. The second-order valence-electron chi connectivity index (χ2n) is 5.88. The molecule has 2 rings (SSSR count). The van der Waals surface area contributed by atoms with Crippen LogP contribution in [0.25, 0.3) is 0 Å². The molecule has 24 heavy (non-hydrogen) atoms. The summed E-state index contributed by atoms with van der Waals surface area (Å²) in [6, 6.07) is 9.83. The van der Waals surface area contributed by atoms with Crippen molar-refractivity contribution >= 4 is 23.2 Å². The predicted octanol–water partition coefficient (Wildman–Crippen LogP) is 4.37. The standard InChI is InChI=1S/C19H25N3O2/c1-5-24-19(23)22-18-7-6-15(10-17(18)20)21-11-16-13(3)8-12(2)9-14(16)4/h6-10,21H,5,11,20H2,1-4H3,(H,22,23). The molecule has 0 aromatic heterocycles. The van der Waals surface area contributed by atoms with Gasteiger partial charge in [0.15, 0.2) is 0 Å². The molecule has 4 N–H and O–H groups in total. The van der Waals surface area contributed by atoms with Crippen molar-refractivity contribution in [2.45, 2.75) is 34.2 Å². The van der Waals surface area contributed by atoms with Crippen LogP contribution in [0.1, 0.15) is 29.2 Å². The molecule has 0 fully saturated rings. The minimum absolute atomic E-state index is 0.320. The van der Waals surface area contributed by atoms with Crippen molar-refractivity contribution in [1.29, 1.82) is 0 Å². The molecular formula is C19H25N3O2. The number of carbonyl (C=O) groups is 1. The van der Waals surface area contributed by atoms with Gasteiger partial charge in [-0.2, -0.15) is 0 Å². The minimum atomic E-state index is -0.504. The minimum Gasteiger partial charge on any atom is -0.450 e. The molecule has 0 aliphatic rings. The van der Waals surface area contributed by atoms with Crippen molar-refractivity contribution < 1.29 is 9.53 Å². The third-order valence-corrected chi connectivity index (χ3v) is 3.87. The number of aryl methyl sites for hydroxylation is 3. The summed E-state index contributed by atoms with van der Waals surface area (Å²) < 4.78 is 4.85. The number of nitrogen functional groups attached to an aromatic ring is 1. The Hall–Kier alpha value is -2.69. The van der Waals surface area contributed by atoms with Crippen LogP contribution in [0.5, 0.6) is 0 Å². The van der Waals surface area contributed by atoms with Gasteiger partial charge in [0.2, 0.25) is 0 Å². The fourth-order valence-electron chi connectivity index (χ4n) is 2.74. The summed E-state index contributed by atoms with van der Waals surface area (Å²) in [4.78, 5) is 11.5. The fourth-order valence-corrected chi connectivity index (χ4v) is 2.74. The van der Waals surface area contributed by atoms with Gasteiger partial charge in [-0.3, -0.25) is 5.32 Å². The highest BCUT2D eigenvalue weighted by molar-refractivity contribution is 5.89. The molecule has 0 aliphatic heterocycles. The van der Waals surface area contributed by atoms with Crippen molar-refractivity contribution in [3.63, 3.8) is 0 Å². The Morgan fingerprint density at radius 1 is 1.12 bits per heavy atom. The number of anilines is 3. The SMILES string of the molecule is CCOC(=O)Nc1ccc(NCc2c(C)cc(C)cc2C)cc1N. The number of ether oxygens (including phenoxy) is 1. The van der Waals surface area contributed by atoms with E-state index in [4.69, 9.17) is 10.5 Å². The summed E-state index contributed by atoms with van der Waals surface area (Å²) >= 11 is 0. The van der Waals surface area contributed by atoms with E-state index >= 15 is 0 Å². The molecule has 0 radical (unpaired) electrons. The smallest absolute Gasteiger partial charge is 0.411 e. The van der Waals surface area contributed by atoms with E-state index in [9.17, 15) is 4.79 Å². The lowest BCUT2D eigenvalue weighted by Crippen LogP contribution is -2.14. The quantitative estimate of drug-likeness (QED) is 0.713. The van der Waals surface area contributed by atoms with Gasteiger partial charge in [-0.05, 0) is 62.6 Å². The van der Waals surface area contributed by atoms with E-state index in [1.165, 1.54) is 22.3 Å². The number of carbonyl (C=O) groups excluding carboxylic acids is 1. The molecule has 0 heterocycles. The van der Waals surface area contributed by atoms with Crippen LogP contribution in [0.15, 0.2) is 30.3 Å². The second kappa shape index (κ2) is 7.73. The lowest BCUT2D eigenvalue weighted by atomic mass is 10.00. The number of benzene rings is 2. The molecule has 5 heteroatoms. The maximum atomic E-state index is 11.5. The molecular weight excluding hydrogens is 302 g/mol. The topological polar surface area (TPSA) is 76.4 Å². The van der Waals surface area contributed by atoms with E-state index in [0.717, 1.165) is 12.2 Å². The molecule has 2 aromatic rings. The van der Waals surface area contributed by atoms with Crippen LogP contribution < -0.4 is 16.4 Å². The normalized spacial score (nSPS) is 10.3. The maximum Gasteiger partial charge on any atom is 0.411 e. The van der Waals surface area contributed by atoms with Crippen molar-refractivity contribution in [2.75, 3.05) is 23.0 Å². The number of nitrogens with two attached hydrogens (primary N) is 1. The highest BCUT2D eigenvalue weighted by Crippen LogP contribution is 2.24. The lowest BCUT2D eigenvalue weighted by molar-refractivity contribution is 0.168. The van der Waals surface area contributed by atoms with Gasteiger partial charge < -0.3 is 15.8 Å². The summed E-state index contributed by atoms with van der Waals surface area (Å²) in [5.74, 6) is 0. The van der Waals surface area contributed by atoms with E-state index in [0.29, 0.717) is 18.0 Å². The van der Waals surface area contributed by atoms with Crippen molar-refractivity contribution in [2.24, 2.45) is 0 Å². The fraction of sp³-hybridized carbons (Fsp3) is 0.316. The van der Waals surface area contributed by atoms with Gasteiger partial charge in [0, 0.05) is 12.2 Å². The number of amides is 1. The van der Waals surface area contributed by atoms with Gasteiger partial charge in [-0.1, -0.05) is 17.7 Å². The zero-order chi connectivity index (χ0) is 17.7. The molecule has 0 aliphatic carbocycles. The van der Waals surface area contributed by atoms with Gasteiger partial charge >= 0.3 is 6.09 Å². The molecule has 0 unspecified atom stereocenters. The summed E-state index contributed by atoms with van der Waals surface area (Å²) in [5.41, 5.74) is 13.0. The monoisotopic (exact) mass is 327 g/mol. The molecule has 0 spiro atoms. The number of rotatable bonds is 5. The van der Waals surface area contributed by atoms with E-state index in [1.54, 1.807) is 19.1 Å². The Balaban J connectivity index is 2.06. The van der Waals surface area contributed by atoms with E-state index in [1.807, 2.05) is 6.07 Å². The Morgan fingerprint density at radius 3 is 2.38 bits per heavy atom. The Kier molecular flexibility index (Phi) is 5.68. The van der Waals surface area contributed by atoms with E-state index < -0.39 is 6.09 Å². The molecule has 1 amide bonds. The van der Waals surface area contributed by atoms with Crippen molar-refractivity contribution in [3.8, 4) is 0 Å². The lowest BCUT2D eigenvalue weighted by Gasteiger charge is -2.14. The summed E-state index contributed by atoms with van der Waals surface area (Å²) in [7, 11) is 0.